The van der Waals surface area contributed by atoms with E-state index in [1.165, 1.54) is 11.8 Å². The van der Waals surface area contributed by atoms with Gasteiger partial charge in [0.2, 0.25) is 0 Å². The van der Waals surface area contributed by atoms with Crippen LogP contribution in [0.15, 0.2) is 41.3 Å². The summed E-state index contributed by atoms with van der Waals surface area (Å²) in [6, 6.07) is 10.6. The second-order valence-electron chi connectivity index (χ2n) is 6.96. The molecule has 1 fully saturated rings. The molecule has 138 valence electrons. The van der Waals surface area contributed by atoms with E-state index in [2.05, 4.69) is 39.1 Å². The van der Waals surface area contributed by atoms with Gasteiger partial charge in [0.25, 0.3) is 11.5 Å². The number of carbonyl (C=O) groups excluding carboxylic acids is 1. The second kappa shape index (κ2) is 8.27. The Kier molecular flexibility index (Phi) is 5.83. The quantitative estimate of drug-likeness (QED) is 0.890. The number of hydrogen-bond acceptors (Lipinski definition) is 4. The zero-order valence-electron chi connectivity index (χ0n) is 15.4. The number of H-pyrrole nitrogens is 1. The Labute approximate surface area is 153 Å². The number of aromatic amines is 1. The number of nitrogens with zero attached hydrogens (tertiary/aromatic N) is 3. The molecule has 1 amide bonds. The van der Waals surface area contributed by atoms with Crippen LogP contribution in [0.3, 0.4) is 0 Å². The standard InChI is InChI=1S/C20H26N4O2/c1-15-21-13-18(19(25)22-15)20(26)23(2)17-9-6-11-24(14-17)12-10-16-7-4-3-5-8-16/h3-5,7-8,13,17H,6,9-12,14H2,1-2H3,(H,21,22,25)/t17-/m0/s1. The van der Waals surface area contributed by atoms with Crippen molar-refractivity contribution < 1.29 is 4.79 Å². The summed E-state index contributed by atoms with van der Waals surface area (Å²) in [4.78, 5) is 35.5. The topological polar surface area (TPSA) is 69.3 Å². The van der Waals surface area contributed by atoms with Gasteiger partial charge in [-0.2, -0.15) is 0 Å². The lowest BCUT2D eigenvalue weighted by atomic mass is 10.0. The molecule has 6 nitrogen and oxygen atoms in total. The Bertz CT molecular complexity index is 803. The molecule has 1 N–H and O–H groups in total. The molecule has 0 unspecified atom stereocenters. The number of rotatable bonds is 5. The molecule has 1 saturated heterocycles. The molecule has 0 radical (unpaired) electrons. The fourth-order valence-electron chi connectivity index (χ4n) is 3.47. The highest BCUT2D eigenvalue weighted by atomic mass is 16.2. The smallest absolute Gasteiger partial charge is 0.263 e. The first kappa shape index (κ1) is 18.3. The van der Waals surface area contributed by atoms with Crippen molar-refractivity contribution >= 4 is 5.91 Å². The highest BCUT2D eigenvalue weighted by molar-refractivity contribution is 5.93. The highest BCUT2D eigenvalue weighted by Crippen LogP contribution is 2.17. The maximum Gasteiger partial charge on any atom is 0.263 e. The van der Waals surface area contributed by atoms with Crippen LogP contribution < -0.4 is 5.56 Å². The first-order chi connectivity index (χ1) is 12.5. The van der Waals surface area contributed by atoms with Crippen LogP contribution in [-0.2, 0) is 6.42 Å². The molecule has 3 rings (SSSR count). The summed E-state index contributed by atoms with van der Waals surface area (Å²) in [5.41, 5.74) is 1.07. The van der Waals surface area contributed by atoms with Gasteiger partial charge >= 0.3 is 0 Å². The number of likely N-dealkylation sites (N-methyl/N-ethyl adjacent to an activating group) is 1. The zero-order valence-corrected chi connectivity index (χ0v) is 15.4. The minimum Gasteiger partial charge on any atom is -0.337 e. The lowest BCUT2D eigenvalue weighted by Crippen LogP contribution is -2.49. The Morgan fingerprint density at radius 3 is 2.85 bits per heavy atom. The fourth-order valence-corrected chi connectivity index (χ4v) is 3.47. The van der Waals surface area contributed by atoms with Crippen molar-refractivity contribution in [3.8, 4) is 0 Å². The van der Waals surface area contributed by atoms with Crippen LogP contribution in [0.25, 0.3) is 0 Å². The van der Waals surface area contributed by atoms with E-state index < -0.39 is 0 Å². The van der Waals surface area contributed by atoms with Gasteiger partial charge in [0.15, 0.2) is 0 Å². The van der Waals surface area contributed by atoms with E-state index in [0.717, 1.165) is 38.9 Å². The lowest BCUT2D eigenvalue weighted by molar-refractivity contribution is 0.0617. The number of aromatic nitrogens is 2. The molecule has 1 aromatic heterocycles. The molecule has 0 bridgehead atoms. The van der Waals surface area contributed by atoms with Crippen molar-refractivity contribution in [1.82, 2.24) is 19.8 Å². The van der Waals surface area contributed by atoms with Crippen molar-refractivity contribution in [1.29, 1.82) is 0 Å². The molecule has 0 saturated carbocycles. The third kappa shape index (κ3) is 4.38. The lowest BCUT2D eigenvalue weighted by Gasteiger charge is -2.37. The molecule has 6 heteroatoms. The summed E-state index contributed by atoms with van der Waals surface area (Å²) in [7, 11) is 1.78. The van der Waals surface area contributed by atoms with E-state index in [4.69, 9.17) is 0 Å². The number of likely N-dealkylation sites (tertiary alicyclic amines) is 1. The molecule has 1 aromatic carbocycles. The molecule has 1 atom stereocenters. The van der Waals surface area contributed by atoms with E-state index in [9.17, 15) is 9.59 Å². The number of amides is 1. The van der Waals surface area contributed by atoms with Crippen molar-refractivity contribution in [3.05, 3.63) is 63.8 Å². The fraction of sp³-hybridized carbons (Fsp3) is 0.450. The monoisotopic (exact) mass is 354 g/mol. The third-order valence-electron chi connectivity index (χ3n) is 5.07. The molecular formula is C20H26N4O2. The molecule has 1 aliphatic heterocycles. The number of aryl methyl sites for hydroxylation is 1. The zero-order chi connectivity index (χ0) is 18.5. The number of carbonyl (C=O) groups is 1. The Morgan fingerprint density at radius 1 is 1.35 bits per heavy atom. The number of nitrogens with one attached hydrogen (secondary N) is 1. The summed E-state index contributed by atoms with van der Waals surface area (Å²) in [5.74, 6) is 0.257. The Balaban J connectivity index is 1.61. The van der Waals surface area contributed by atoms with Gasteiger partial charge in [0.1, 0.15) is 11.4 Å². The predicted molar refractivity (Wildman–Crippen MR) is 101 cm³/mol. The number of benzene rings is 1. The average molecular weight is 354 g/mol. The van der Waals surface area contributed by atoms with Crippen LogP contribution in [0.1, 0.15) is 34.6 Å². The van der Waals surface area contributed by atoms with Crippen LogP contribution in [0.5, 0.6) is 0 Å². The van der Waals surface area contributed by atoms with Crippen LogP contribution in [-0.4, -0.2) is 58.4 Å². The van der Waals surface area contributed by atoms with Crippen LogP contribution in [0, 0.1) is 6.92 Å². The predicted octanol–water partition coefficient (Wildman–Crippen LogP) is 1.86. The van der Waals surface area contributed by atoms with Crippen molar-refractivity contribution in [2.24, 2.45) is 0 Å². The first-order valence-electron chi connectivity index (χ1n) is 9.14. The van der Waals surface area contributed by atoms with Crippen LogP contribution in [0.4, 0.5) is 0 Å². The SMILES string of the molecule is Cc1ncc(C(=O)N(C)[C@H]2CCCN(CCc3ccccc3)C2)c(=O)[nH]1. The molecule has 2 heterocycles. The highest BCUT2D eigenvalue weighted by Gasteiger charge is 2.27. The molecular weight excluding hydrogens is 328 g/mol. The summed E-state index contributed by atoms with van der Waals surface area (Å²) in [6.45, 7) is 4.57. The van der Waals surface area contributed by atoms with Gasteiger partial charge in [-0.3, -0.25) is 9.59 Å². The summed E-state index contributed by atoms with van der Waals surface area (Å²) in [6.07, 6.45) is 4.40. The first-order valence-corrected chi connectivity index (χ1v) is 9.14. The largest absolute Gasteiger partial charge is 0.337 e. The van der Waals surface area contributed by atoms with Crippen LogP contribution >= 0.6 is 0 Å². The van der Waals surface area contributed by atoms with E-state index in [0.29, 0.717) is 5.82 Å². The van der Waals surface area contributed by atoms with Gasteiger partial charge in [-0.05, 0) is 38.3 Å². The van der Waals surface area contributed by atoms with Gasteiger partial charge in [0, 0.05) is 32.4 Å². The van der Waals surface area contributed by atoms with Gasteiger partial charge in [0.05, 0.1) is 0 Å². The summed E-state index contributed by atoms with van der Waals surface area (Å²) < 4.78 is 0. The maximum atomic E-state index is 12.7. The van der Waals surface area contributed by atoms with Crippen molar-refractivity contribution in [2.45, 2.75) is 32.2 Å². The van der Waals surface area contributed by atoms with Crippen molar-refractivity contribution in [3.63, 3.8) is 0 Å². The van der Waals surface area contributed by atoms with Gasteiger partial charge in [-0.25, -0.2) is 4.98 Å². The third-order valence-corrected chi connectivity index (χ3v) is 5.07. The van der Waals surface area contributed by atoms with E-state index >= 15 is 0 Å². The van der Waals surface area contributed by atoms with Crippen molar-refractivity contribution in [2.75, 3.05) is 26.7 Å². The minimum absolute atomic E-state index is 0.111. The van der Waals surface area contributed by atoms with E-state index in [1.54, 1.807) is 18.9 Å². The van der Waals surface area contributed by atoms with E-state index in [-0.39, 0.29) is 23.1 Å². The number of piperidine rings is 1. The average Bonchev–Trinajstić information content (AvgIpc) is 2.66. The Morgan fingerprint density at radius 2 is 2.12 bits per heavy atom. The van der Waals surface area contributed by atoms with Crippen LogP contribution in [0.2, 0.25) is 0 Å². The molecule has 1 aliphatic rings. The minimum atomic E-state index is -0.369. The molecule has 2 aromatic rings. The van der Waals surface area contributed by atoms with Gasteiger partial charge < -0.3 is 14.8 Å². The summed E-state index contributed by atoms with van der Waals surface area (Å²) >= 11 is 0. The molecule has 0 aliphatic carbocycles. The molecule has 26 heavy (non-hydrogen) atoms. The number of hydrogen-bond donors (Lipinski definition) is 1. The maximum absolute atomic E-state index is 12.7. The van der Waals surface area contributed by atoms with Gasteiger partial charge in [-0.1, -0.05) is 30.3 Å². The van der Waals surface area contributed by atoms with Gasteiger partial charge in [-0.15, -0.1) is 0 Å². The molecule has 0 spiro atoms. The summed E-state index contributed by atoms with van der Waals surface area (Å²) in [5, 5.41) is 0. The van der Waals surface area contributed by atoms with E-state index in [1.807, 2.05) is 6.07 Å². The Hall–Kier alpha value is -2.47. The second-order valence-corrected chi connectivity index (χ2v) is 6.96. The normalized spacial score (nSPS) is 17.8.